The van der Waals surface area contributed by atoms with Gasteiger partial charge in [-0.2, -0.15) is 5.10 Å². The second-order valence-electron chi connectivity index (χ2n) is 5.07. The number of benzene rings is 1. The third-order valence-electron chi connectivity index (χ3n) is 3.72. The summed E-state index contributed by atoms with van der Waals surface area (Å²) in [5.41, 5.74) is 2.51. The van der Waals surface area contributed by atoms with E-state index in [-0.39, 0.29) is 18.3 Å². The lowest BCUT2D eigenvalue weighted by Gasteiger charge is -2.27. The third-order valence-corrected chi connectivity index (χ3v) is 4.24. The molecule has 1 aromatic heterocycles. The van der Waals surface area contributed by atoms with Gasteiger partial charge in [0.15, 0.2) is 0 Å². The number of halogens is 2. The number of nitrogens with one attached hydrogen (secondary N) is 1. The van der Waals surface area contributed by atoms with Crippen LogP contribution < -0.4 is 5.32 Å². The molecular weight excluding hydrogens is 368 g/mol. The third kappa shape index (κ3) is 3.34. The number of hydrogen-bond donors (Lipinski definition) is 1. The van der Waals surface area contributed by atoms with E-state index in [9.17, 15) is 4.79 Å². The zero-order valence-electron chi connectivity index (χ0n) is 12.3. The number of piperazine rings is 1. The minimum Gasteiger partial charge on any atom is -0.336 e. The first-order valence-electron chi connectivity index (χ1n) is 6.97. The van der Waals surface area contributed by atoms with E-state index >= 15 is 0 Å². The number of carbonyl (C=O) groups is 1. The lowest BCUT2D eigenvalue weighted by molar-refractivity contribution is 0.0735. The molecule has 0 spiro atoms. The Morgan fingerprint density at radius 3 is 2.50 bits per heavy atom. The predicted molar refractivity (Wildman–Crippen MR) is 92.0 cm³/mol. The van der Waals surface area contributed by atoms with Gasteiger partial charge < -0.3 is 10.2 Å². The number of aromatic nitrogens is 2. The first kappa shape index (κ1) is 17.0. The van der Waals surface area contributed by atoms with Crippen molar-refractivity contribution < 1.29 is 4.79 Å². The Morgan fingerprint density at radius 1 is 1.23 bits per heavy atom. The Bertz CT molecular complexity index is 650. The molecule has 2 aromatic rings. The molecule has 0 saturated carbocycles. The normalized spacial score (nSPS) is 14.5. The van der Waals surface area contributed by atoms with E-state index in [4.69, 9.17) is 0 Å². The SMILES string of the molecule is Cc1c(C(=O)N2CCNCC2)cnn1-c1ccc(Br)cc1.Cl. The van der Waals surface area contributed by atoms with E-state index in [0.717, 1.165) is 42.0 Å². The maximum Gasteiger partial charge on any atom is 0.257 e. The van der Waals surface area contributed by atoms with Crippen LogP contribution in [0.3, 0.4) is 0 Å². The van der Waals surface area contributed by atoms with Crippen molar-refractivity contribution in [2.75, 3.05) is 26.2 Å². The van der Waals surface area contributed by atoms with Crippen molar-refractivity contribution in [3.8, 4) is 5.69 Å². The van der Waals surface area contributed by atoms with Gasteiger partial charge in [-0.25, -0.2) is 4.68 Å². The van der Waals surface area contributed by atoms with Gasteiger partial charge in [-0.05, 0) is 31.2 Å². The van der Waals surface area contributed by atoms with Crippen molar-refractivity contribution in [3.05, 3.63) is 46.2 Å². The minimum atomic E-state index is 0. The van der Waals surface area contributed by atoms with Gasteiger partial charge in [-0.1, -0.05) is 15.9 Å². The highest BCUT2D eigenvalue weighted by Crippen LogP contribution is 2.18. The summed E-state index contributed by atoms with van der Waals surface area (Å²) in [7, 11) is 0. The summed E-state index contributed by atoms with van der Waals surface area (Å²) in [6, 6.07) is 7.88. The summed E-state index contributed by atoms with van der Waals surface area (Å²) >= 11 is 3.42. The van der Waals surface area contributed by atoms with Gasteiger partial charge in [0.1, 0.15) is 0 Å². The zero-order chi connectivity index (χ0) is 14.8. The van der Waals surface area contributed by atoms with Gasteiger partial charge >= 0.3 is 0 Å². The molecule has 0 bridgehead atoms. The molecule has 2 heterocycles. The molecule has 7 heteroatoms. The smallest absolute Gasteiger partial charge is 0.257 e. The fourth-order valence-corrected chi connectivity index (χ4v) is 2.76. The van der Waals surface area contributed by atoms with Gasteiger partial charge in [-0.3, -0.25) is 4.79 Å². The molecule has 1 aliphatic rings. The van der Waals surface area contributed by atoms with Gasteiger partial charge in [0.05, 0.1) is 23.1 Å². The van der Waals surface area contributed by atoms with Crippen molar-refractivity contribution in [2.24, 2.45) is 0 Å². The van der Waals surface area contributed by atoms with Gasteiger partial charge in [0.2, 0.25) is 0 Å². The standard InChI is InChI=1S/C15H17BrN4O.ClH/c1-11-14(15(21)19-8-6-17-7-9-19)10-18-20(11)13-4-2-12(16)3-5-13;/h2-5,10,17H,6-9H2,1H3;1H. The highest BCUT2D eigenvalue weighted by Gasteiger charge is 2.22. The summed E-state index contributed by atoms with van der Waals surface area (Å²) in [5.74, 6) is 0.0670. The Kier molecular flexibility index (Phi) is 5.61. The van der Waals surface area contributed by atoms with Crippen molar-refractivity contribution in [3.63, 3.8) is 0 Å². The van der Waals surface area contributed by atoms with E-state index in [2.05, 4.69) is 26.3 Å². The highest BCUT2D eigenvalue weighted by atomic mass is 79.9. The molecule has 3 rings (SSSR count). The van der Waals surface area contributed by atoms with Crippen LogP contribution in [0.1, 0.15) is 16.1 Å². The van der Waals surface area contributed by atoms with E-state index < -0.39 is 0 Å². The molecule has 1 aromatic carbocycles. The van der Waals surface area contributed by atoms with Gasteiger partial charge in [-0.15, -0.1) is 12.4 Å². The summed E-state index contributed by atoms with van der Waals surface area (Å²) in [5, 5.41) is 7.62. The highest BCUT2D eigenvalue weighted by molar-refractivity contribution is 9.10. The molecule has 5 nitrogen and oxygen atoms in total. The van der Waals surface area contributed by atoms with Crippen LogP contribution in [0.2, 0.25) is 0 Å². The Labute approximate surface area is 144 Å². The van der Waals surface area contributed by atoms with E-state index in [1.807, 2.05) is 40.8 Å². The predicted octanol–water partition coefficient (Wildman–Crippen LogP) is 2.41. The second-order valence-corrected chi connectivity index (χ2v) is 5.99. The quantitative estimate of drug-likeness (QED) is 0.864. The summed E-state index contributed by atoms with van der Waals surface area (Å²) < 4.78 is 2.83. The lowest BCUT2D eigenvalue weighted by atomic mass is 10.2. The van der Waals surface area contributed by atoms with Crippen LogP contribution in [0.4, 0.5) is 0 Å². The van der Waals surface area contributed by atoms with Crippen LogP contribution in [-0.4, -0.2) is 46.8 Å². The molecule has 1 amide bonds. The molecule has 1 N–H and O–H groups in total. The summed E-state index contributed by atoms with van der Waals surface area (Å²) in [6.45, 7) is 5.14. The molecule has 0 radical (unpaired) electrons. The van der Waals surface area contributed by atoms with Crippen molar-refractivity contribution in [1.82, 2.24) is 20.0 Å². The monoisotopic (exact) mass is 384 g/mol. The molecule has 0 aliphatic carbocycles. The number of amides is 1. The number of carbonyl (C=O) groups excluding carboxylic acids is 1. The van der Waals surface area contributed by atoms with Crippen LogP contribution in [-0.2, 0) is 0 Å². The molecule has 1 aliphatic heterocycles. The van der Waals surface area contributed by atoms with E-state index in [1.54, 1.807) is 6.20 Å². The van der Waals surface area contributed by atoms with Crippen LogP contribution in [0.5, 0.6) is 0 Å². The Morgan fingerprint density at radius 2 is 1.86 bits per heavy atom. The largest absolute Gasteiger partial charge is 0.336 e. The van der Waals surface area contributed by atoms with Crippen LogP contribution >= 0.6 is 28.3 Å². The maximum atomic E-state index is 12.6. The first-order valence-corrected chi connectivity index (χ1v) is 7.76. The summed E-state index contributed by atoms with van der Waals surface area (Å²) in [4.78, 5) is 14.4. The molecule has 0 unspecified atom stereocenters. The Balaban J connectivity index is 0.00000176. The average molecular weight is 386 g/mol. The van der Waals surface area contributed by atoms with Crippen LogP contribution in [0.15, 0.2) is 34.9 Å². The lowest BCUT2D eigenvalue weighted by Crippen LogP contribution is -2.46. The molecule has 22 heavy (non-hydrogen) atoms. The number of hydrogen-bond acceptors (Lipinski definition) is 3. The zero-order valence-corrected chi connectivity index (χ0v) is 14.7. The topological polar surface area (TPSA) is 50.2 Å². The van der Waals surface area contributed by atoms with Gasteiger partial charge in [0.25, 0.3) is 5.91 Å². The maximum absolute atomic E-state index is 12.6. The molecule has 0 atom stereocenters. The number of nitrogens with zero attached hydrogens (tertiary/aromatic N) is 3. The van der Waals surface area contributed by atoms with Crippen molar-refractivity contribution in [1.29, 1.82) is 0 Å². The molecule has 1 saturated heterocycles. The van der Waals surface area contributed by atoms with Crippen molar-refractivity contribution in [2.45, 2.75) is 6.92 Å². The first-order chi connectivity index (χ1) is 10.2. The fourth-order valence-electron chi connectivity index (χ4n) is 2.50. The summed E-state index contributed by atoms with van der Waals surface area (Å²) in [6.07, 6.45) is 1.67. The molecule has 118 valence electrons. The minimum absolute atomic E-state index is 0. The van der Waals surface area contributed by atoms with E-state index in [1.165, 1.54) is 0 Å². The number of rotatable bonds is 2. The van der Waals surface area contributed by atoms with Gasteiger partial charge in [0, 0.05) is 30.7 Å². The van der Waals surface area contributed by atoms with E-state index in [0.29, 0.717) is 5.56 Å². The second kappa shape index (κ2) is 7.26. The van der Waals surface area contributed by atoms with Crippen LogP contribution in [0.25, 0.3) is 5.69 Å². The molecular formula is C15H18BrClN4O. The Hall–Kier alpha value is -1.37. The fraction of sp³-hybridized carbons (Fsp3) is 0.333. The van der Waals surface area contributed by atoms with Crippen molar-refractivity contribution >= 4 is 34.2 Å². The molecule has 1 fully saturated rings. The van der Waals surface area contributed by atoms with Crippen LogP contribution in [0, 0.1) is 6.92 Å². The average Bonchev–Trinajstić information content (AvgIpc) is 2.90.